The van der Waals surface area contributed by atoms with Gasteiger partial charge >= 0.3 is 0 Å². The molecule has 1 rings (SSSR count). The van der Waals surface area contributed by atoms with Crippen LogP contribution >= 0.6 is 0 Å². The average molecular weight is 168 g/mol. The van der Waals surface area contributed by atoms with Crippen molar-refractivity contribution in [3.05, 3.63) is 17.7 Å². The maximum atomic E-state index is 10.3. The van der Waals surface area contributed by atoms with Gasteiger partial charge in [-0.3, -0.25) is 4.79 Å². The Bertz CT molecular complexity index is 306. The molecule has 4 nitrogen and oxygen atoms in total. The molecule has 64 valence electrons. The van der Waals surface area contributed by atoms with E-state index in [-0.39, 0.29) is 22.8 Å². The van der Waals surface area contributed by atoms with E-state index in [9.17, 15) is 9.90 Å². The summed E-state index contributed by atoms with van der Waals surface area (Å²) in [4.78, 5) is 10.3. The molecule has 0 spiro atoms. The predicted octanol–water partition coefficient (Wildman–Crippen LogP) is 0.919. The van der Waals surface area contributed by atoms with E-state index in [1.807, 2.05) is 0 Å². The van der Waals surface area contributed by atoms with Crippen LogP contribution in [-0.2, 0) is 0 Å². The Kier molecular flexibility index (Phi) is 2.19. The smallest absolute Gasteiger partial charge is 0.203 e. The van der Waals surface area contributed by atoms with Gasteiger partial charge in [0.1, 0.15) is 0 Å². The number of carbonyl (C=O) groups excluding carboxylic acids is 1. The summed E-state index contributed by atoms with van der Waals surface area (Å²) in [5.74, 6) is -0.618. The zero-order chi connectivity index (χ0) is 9.14. The third-order valence-corrected chi connectivity index (χ3v) is 1.47. The minimum atomic E-state index is -0.340. The van der Waals surface area contributed by atoms with Crippen molar-refractivity contribution in [3.8, 4) is 17.2 Å². The first kappa shape index (κ1) is 8.39. The Morgan fingerprint density at radius 2 is 2.08 bits per heavy atom. The van der Waals surface area contributed by atoms with Gasteiger partial charge < -0.3 is 14.9 Å². The number of hydrogen-bond donors (Lipinski definition) is 2. The number of carbonyl (C=O) groups is 1. The normalized spacial score (nSPS) is 9.42. The van der Waals surface area contributed by atoms with Crippen molar-refractivity contribution in [1.82, 2.24) is 0 Å². The standard InChI is InChI=1S/C8H8O4/c1-12-8-6(10)3-2-5(4-9)7(8)11/h2-4,10-11H,1H3. The maximum absolute atomic E-state index is 10.3. The monoisotopic (exact) mass is 168 g/mol. The Morgan fingerprint density at radius 1 is 1.42 bits per heavy atom. The van der Waals surface area contributed by atoms with E-state index in [4.69, 9.17) is 5.11 Å². The number of aldehydes is 1. The van der Waals surface area contributed by atoms with Crippen LogP contribution in [0.15, 0.2) is 12.1 Å². The molecule has 4 heteroatoms. The molecule has 12 heavy (non-hydrogen) atoms. The number of rotatable bonds is 2. The Morgan fingerprint density at radius 3 is 2.58 bits per heavy atom. The maximum Gasteiger partial charge on any atom is 0.203 e. The number of hydrogen-bond acceptors (Lipinski definition) is 4. The fraction of sp³-hybridized carbons (Fsp3) is 0.125. The first-order chi connectivity index (χ1) is 5.70. The predicted molar refractivity (Wildman–Crippen MR) is 41.7 cm³/mol. The molecule has 0 radical (unpaired) electrons. The molecule has 0 aliphatic heterocycles. The van der Waals surface area contributed by atoms with E-state index in [0.29, 0.717) is 6.29 Å². The molecule has 0 aromatic heterocycles. The fourth-order valence-electron chi connectivity index (χ4n) is 0.872. The number of ether oxygens (including phenoxy) is 1. The number of benzene rings is 1. The molecule has 0 saturated heterocycles. The van der Waals surface area contributed by atoms with Crippen molar-refractivity contribution in [2.45, 2.75) is 0 Å². The van der Waals surface area contributed by atoms with Gasteiger partial charge in [-0.15, -0.1) is 0 Å². The van der Waals surface area contributed by atoms with Crippen LogP contribution in [0.1, 0.15) is 10.4 Å². The van der Waals surface area contributed by atoms with Crippen molar-refractivity contribution in [3.63, 3.8) is 0 Å². The zero-order valence-corrected chi connectivity index (χ0v) is 6.44. The van der Waals surface area contributed by atoms with Crippen molar-refractivity contribution in [2.24, 2.45) is 0 Å². The summed E-state index contributed by atoms with van der Waals surface area (Å²) >= 11 is 0. The summed E-state index contributed by atoms with van der Waals surface area (Å²) in [6, 6.07) is 2.59. The van der Waals surface area contributed by atoms with Crippen LogP contribution in [-0.4, -0.2) is 23.6 Å². The molecule has 0 aliphatic carbocycles. The summed E-state index contributed by atoms with van der Waals surface area (Å²) in [6.45, 7) is 0. The average Bonchev–Trinajstić information content (AvgIpc) is 2.06. The first-order valence-electron chi connectivity index (χ1n) is 3.24. The lowest BCUT2D eigenvalue weighted by Crippen LogP contribution is -1.88. The molecule has 0 amide bonds. The van der Waals surface area contributed by atoms with Gasteiger partial charge in [0.15, 0.2) is 17.8 Å². The minimum absolute atomic E-state index is 0.0837. The summed E-state index contributed by atoms with van der Waals surface area (Å²) in [5.41, 5.74) is 0.0876. The number of phenolic OH excluding ortho intramolecular Hbond substituents is 2. The lowest BCUT2D eigenvalue weighted by Gasteiger charge is -2.06. The van der Waals surface area contributed by atoms with Crippen LogP contribution in [0.2, 0.25) is 0 Å². The fourth-order valence-corrected chi connectivity index (χ4v) is 0.872. The third kappa shape index (κ3) is 1.18. The first-order valence-corrected chi connectivity index (χ1v) is 3.24. The second-order valence-corrected chi connectivity index (χ2v) is 2.17. The Balaban J connectivity index is 3.33. The zero-order valence-electron chi connectivity index (χ0n) is 6.44. The highest BCUT2D eigenvalue weighted by molar-refractivity contribution is 5.82. The van der Waals surface area contributed by atoms with Gasteiger partial charge in [0, 0.05) is 0 Å². The van der Waals surface area contributed by atoms with E-state index < -0.39 is 0 Å². The van der Waals surface area contributed by atoms with Crippen molar-refractivity contribution >= 4 is 6.29 Å². The van der Waals surface area contributed by atoms with Crippen molar-refractivity contribution in [2.75, 3.05) is 7.11 Å². The van der Waals surface area contributed by atoms with Crippen LogP contribution < -0.4 is 4.74 Å². The lowest BCUT2D eigenvalue weighted by atomic mass is 10.2. The van der Waals surface area contributed by atoms with E-state index in [2.05, 4.69) is 4.74 Å². The van der Waals surface area contributed by atoms with Gasteiger partial charge in [0.05, 0.1) is 12.7 Å². The van der Waals surface area contributed by atoms with Gasteiger partial charge in [0.2, 0.25) is 5.75 Å². The van der Waals surface area contributed by atoms with Crippen molar-refractivity contribution < 1.29 is 19.7 Å². The van der Waals surface area contributed by atoms with Crippen LogP contribution in [0.3, 0.4) is 0 Å². The van der Waals surface area contributed by atoms with Gasteiger partial charge in [-0.05, 0) is 12.1 Å². The van der Waals surface area contributed by atoms with Crippen molar-refractivity contribution in [1.29, 1.82) is 0 Å². The van der Waals surface area contributed by atoms with Crippen LogP contribution in [0.4, 0.5) is 0 Å². The molecule has 0 aliphatic rings. The third-order valence-electron chi connectivity index (χ3n) is 1.47. The van der Waals surface area contributed by atoms with E-state index in [1.54, 1.807) is 0 Å². The summed E-state index contributed by atoms with van der Waals surface area (Å²) < 4.78 is 4.66. The molecule has 0 atom stereocenters. The van der Waals surface area contributed by atoms with E-state index >= 15 is 0 Å². The second-order valence-electron chi connectivity index (χ2n) is 2.17. The van der Waals surface area contributed by atoms with Gasteiger partial charge in [-0.1, -0.05) is 0 Å². The largest absolute Gasteiger partial charge is 0.504 e. The number of phenols is 2. The summed E-state index contributed by atoms with van der Waals surface area (Å²) in [7, 11) is 1.29. The van der Waals surface area contributed by atoms with Gasteiger partial charge in [-0.25, -0.2) is 0 Å². The van der Waals surface area contributed by atoms with Crippen LogP contribution in [0.25, 0.3) is 0 Å². The van der Waals surface area contributed by atoms with E-state index in [1.165, 1.54) is 19.2 Å². The highest BCUT2D eigenvalue weighted by Gasteiger charge is 2.11. The Labute approximate surface area is 69.0 Å². The molecule has 2 N–H and O–H groups in total. The lowest BCUT2D eigenvalue weighted by molar-refractivity contribution is 0.112. The van der Waals surface area contributed by atoms with Crippen LogP contribution in [0.5, 0.6) is 17.2 Å². The topological polar surface area (TPSA) is 66.8 Å². The molecule has 1 aromatic rings. The summed E-state index contributed by atoms with van der Waals surface area (Å²) in [6.07, 6.45) is 0.483. The molecular formula is C8H8O4. The number of methoxy groups -OCH3 is 1. The quantitative estimate of drug-likeness (QED) is 0.644. The second kappa shape index (κ2) is 3.13. The van der Waals surface area contributed by atoms with E-state index in [0.717, 1.165) is 0 Å². The molecular weight excluding hydrogens is 160 g/mol. The molecule has 0 bridgehead atoms. The molecule has 1 aromatic carbocycles. The highest BCUT2D eigenvalue weighted by Crippen LogP contribution is 2.37. The Hall–Kier alpha value is -1.71. The summed E-state index contributed by atoms with van der Waals surface area (Å²) in [5, 5.41) is 18.4. The molecule has 0 heterocycles. The van der Waals surface area contributed by atoms with Crippen LogP contribution in [0, 0.1) is 0 Å². The highest BCUT2D eigenvalue weighted by atomic mass is 16.5. The minimum Gasteiger partial charge on any atom is -0.504 e. The van der Waals surface area contributed by atoms with Gasteiger partial charge in [-0.2, -0.15) is 0 Å². The molecule has 0 saturated carbocycles. The molecule has 0 fully saturated rings. The van der Waals surface area contributed by atoms with Gasteiger partial charge in [0.25, 0.3) is 0 Å². The number of aromatic hydroxyl groups is 2. The SMILES string of the molecule is COc1c(O)ccc(C=O)c1O. The molecule has 0 unspecified atom stereocenters.